The van der Waals surface area contributed by atoms with Crippen LogP contribution in [0.25, 0.3) is 11.0 Å². The molecular formula is C23H28N4O. The van der Waals surface area contributed by atoms with Crippen molar-refractivity contribution in [2.45, 2.75) is 38.8 Å². The van der Waals surface area contributed by atoms with E-state index in [0.717, 1.165) is 50.1 Å². The highest BCUT2D eigenvalue weighted by atomic mass is 16.2. The first kappa shape index (κ1) is 18.7. The summed E-state index contributed by atoms with van der Waals surface area (Å²) in [6.07, 6.45) is 4.02. The van der Waals surface area contributed by atoms with Gasteiger partial charge in [-0.2, -0.15) is 0 Å². The van der Waals surface area contributed by atoms with Crippen molar-refractivity contribution in [2.24, 2.45) is 0 Å². The Kier molecular flexibility index (Phi) is 5.44. The summed E-state index contributed by atoms with van der Waals surface area (Å²) in [7, 11) is 2.15. The number of carbonyl (C=O) groups is 1. The van der Waals surface area contributed by atoms with Crippen molar-refractivity contribution in [2.75, 3.05) is 20.1 Å². The molecule has 3 heterocycles. The monoisotopic (exact) mass is 376 g/mol. The molecule has 0 radical (unpaired) electrons. The molecule has 146 valence electrons. The molecule has 5 heteroatoms. The normalized spacial score (nSPS) is 17.4. The zero-order chi connectivity index (χ0) is 19.5. The third kappa shape index (κ3) is 3.94. The summed E-state index contributed by atoms with van der Waals surface area (Å²) >= 11 is 0. The fourth-order valence-electron chi connectivity index (χ4n) is 4.32. The van der Waals surface area contributed by atoms with E-state index in [0.29, 0.717) is 5.92 Å². The maximum absolute atomic E-state index is 11.9. The second-order valence-electron chi connectivity index (χ2n) is 7.88. The number of aromatic nitrogens is 2. The van der Waals surface area contributed by atoms with Crippen LogP contribution in [0.15, 0.2) is 48.7 Å². The van der Waals surface area contributed by atoms with Crippen molar-refractivity contribution in [1.29, 1.82) is 0 Å². The fourth-order valence-corrected chi connectivity index (χ4v) is 4.32. The molecule has 0 spiro atoms. The number of benzene rings is 1. The number of fused-ring (bicyclic) bond motifs is 1. The van der Waals surface area contributed by atoms with Crippen LogP contribution >= 0.6 is 0 Å². The summed E-state index contributed by atoms with van der Waals surface area (Å²) in [5.74, 6) is 0.508. The zero-order valence-corrected chi connectivity index (χ0v) is 16.7. The van der Waals surface area contributed by atoms with Crippen LogP contribution in [-0.4, -0.2) is 45.8 Å². The molecule has 4 rings (SSSR count). The average molecular weight is 377 g/mol. The van der Waals surface area contributed by atoms with Gasteiger partial charge in [0.05, 0.1) is 11.0 Å². The van der Waals surface area contributed by atoms with Gasteiger partial charge in [-0.05, 0) is 37.6 Å². The zero-order valence-electron chi connectivity index (χ0n) is 16.7. The lowest BCUT2D eigenvalue weighted by Crippen LogP contribution is -2.38. The van der Waals surface area contributed by atoms with Gasteiger partial charge in [0, 0.05) is 56.5 Å². The number of nitrogens with one attached hydrogen (secondary N) is 1. The molecule has 1 aliphatic rings. The minimum atomic E-state index is 0.168. The number of likely N-dealkylation sites (tertiary alicyclic amines) is 1. The second-order valence-corrected chi connectivity index (χ2v) is 7.88. The summed E-state index contributed by atoms with van der Waals surface area (Å²) < 4.78 is 0. The van der Waals surface area contributed by atoms with Crippen LogP contribution in [0.1, 0.15) is 42.5 Å². The lowest BCUT2D eigenvalue weighted by atomic mass is 9.92. The molecule has 1 unspecified atom stereocenters. The van der Waals surface area contributed by atoms with Crippen molar-refractivity contribution in [1.82, 2.24) is 19.8 Å². The van der Waals surface area contributed by atoms with Gasteiger partial charge in [-0.15, -0.1) is 0 Å². The van der Waals surface area contributed by atoms with Gasteiger partial charge in [0.25, 0.3) is 0 Å². The summed E-state index contributed by atoms with van der Waals surface area (Å²) in [5.41, 5.74) is 5.96. The maximum Gasteiger partial charge on any atom is 0.219 e. The topological polar surface area (TPSA) is 52.2 Å². The first-order valence-corrected chi connectivity index (χ1v) is 10.0. The van der Waals surface area contributed by atoms with Gasteiger partial charge in [0.1, 0.15) is 0 Å². The number of hydrogen-bond donors (Lipinski definition) is 1. The van der Waals surface area contributed by atoms with Crippen LogP contribution in [0.5, 0.6) is 0 Å². The number of piperidine rings is 1. The van der Waals surface area contributed by atoms with Crippen LogP contribution in [0.4, 0.5) is 0 Å². The van der Waals surface area contributed by atoms with E-state index in [-0.39, 0.29) is 5.91 Å². The molecule has 1 amide bonds. The molecule has 1 atom stereocenters. The van der Waals surface area contributed by atoms with Crippen LogP contribution in [-0.2, 0) is 17.9 Å². The lowest BCUT2D eigenvalue weighted by Gasteiger charge is -2.32. The third-order valence-electron chi connectivity index (χ3n) is 5.69. The third-order valence-corrected chi connectivity index (χ3v) is 5.69. The van der Waals surface area contributed by atoms with E-state index in [1.54, 1.807) is 6.92 Å². The standard InChI is InChI=1S/C23H28N4O/c1-17(28)27-13-7-10-19(15-27)22-20(23-21(25-22)11-6-12-24-23)16-26(2)14-18-8-4-3-5-9-18/h3-6,8-9,11-12,19,25H,7,10,13-16H2,1-2H3. The van der Waals surface area contributed by atoms with Crippen LogP contribution in [0, 0.1) is 0 Å². The number of pyridine rings is 1. The van der Waals surface area contributed by atoms with Crippen molar-refractivity contribution < 1.29 is 4.79 Å². The number of rotatable bonds is 5. The van der Waals surface area contributed by atoms with Crippen molar-refractivity contribution >= 4 is 16.9 Å². The highest BCUT2D eigenvalue weighted by molar-refractivity contribution is 5.80. The molecule has 28 heavy (non-hydrogen) atoms. The largest absolute Gasteiger partial charge is 0.357 e. The number of carbonyl (C=O) groups excluding carboxylic acids is 1. The van der Waals surface area contributed by atoms with Gasteiger partial charge in [-0.25, -0.2) is 0 Å². The minimum absolute atomic E-state index is 0.168. The molecule has 5 nitrogen and oxygen atoms in total. The lowest BCUT2D eigenvalue weighted by molar-refractivity contribution is -0.130. The highest BCUT2D eigenvalue weighted by Gasteiger charge is 2.27. The summed E-state index contributed by atoms with van der Waals surface area (Å²) in [6.45, 7) is 5.05. The number of aromatic amines is 1. The quantitative estimate of drug-likeness (QED) is 0.734. The smallest absolute Gasteiger partial charge is 0.219 e. The van der Waals surface area contributed by atoms with Gasteiger partial charge in [-0.1, -0.05) is 30.3 Å². The molecule has 2 aromatic heterocycles. The predicted molar refractivity (Wildman–Crippen MR) is 112 cm³/mol. The van der Waals surface area contributed by atoms with Crippen molar-refractivity contribution in [3.63, 3.8) is 0 Å². The van der Waals surface area contributed by atoms with Crippen LogP contribution in [0.3, 0.4) is 0 Å². The van der Waals surface area contributed by atoms with Crippen LogP contribution < -0.4 is 0 Å². The Bertz CT molecular complexity index is 950. The summed E-state index contributed by atoms with van der Waals surface area (Å²) in [6, 6.07) is 14.6. The molecule has 1 fully saturated rings. The second kappa shape index (κ2) is 8.15. The Morgan fingerprint density at radius 2 is 2.04 bits per heavy atom. The SMILES string of the molecule is CC(=O)N1CCCC(c2[nH]c3cccnc3c2CN(C)Cc2ccccc2)C1. The van der Waals surface area contributed by atoms with Crippen molar-refractivity contribution in [3.05, 3.63) is 65.5 Å². The van der Waals surface area contributed by atoms with E-state index in [1.165, 1.54) is 16.8 Å². The molecule has 0 aliphatic carbocycles. The van der Waals surface area contributed by atoms with E-state index in [9.17, 15) is 4.79 Å². The van der Waals surface area contributed by atoms with E-state index >= 15 is 0 Å². The number of H-pyrrole nitrogens is 1. The molecule has 1 N–H and O–H groups in total. The summed E-state index contributed by atoms with van der Waals surface area (Å²) in [5, 5.41) is 0. The molecule has 1 aromatic carbocycles. The van der Waals surface area contributed by atoms with E-state index < -0.39 is 0 Å². The number of nitrogens with zero attached hydrogens (tertiary/aromatic N) is 3. The molecule has 1 saturated heterocycles. The Morgan fingerprint density at radius 1 is 1.21 bits per heavy atom. The minimum Gasteiger partial charge on any atom is -0.357 e. The molecule has 0 saturated carbocycles. The van der Waals surface area contributed by atoms with E-state index in [2.05, 4.69) is 58.3 Å². The van der Waals surface area contributed by atoms with Gasteiger partial charge >= 0.3 is 0 Å². The van der Waals surface area contributed by atoms with Gasteiger partial charge in [-0.3, -0.25) is 14.7 Å². The van der Waals surface area contributed by atoms with Crippen molar-refractivity contribution in [3.8, 4) is 0 Å². The van der Waals surface area contributed by atoms with Gasteiger partial charge in [0.15, 0.2) is 0 Å². The maximum atomic E-state index is 11.9. The number of hydrogen-bond acceptors (Lipinski definition) is 3. The Labute approximate surface area is 166 Å². The predicted octanol–water partition coefficient (Wildman–Crippen LogP) is 3.92. The number of amides is 1. The van der Waals surface area contributed by atoms with E-state index in [1.807, 2.05) is 17.2 Å². The first-order chi connectivity index (χ1) is 13.6. The summed E-state index contributed by atoms with van der Waals surface area (Å²) in [4.78, 5) is 24.5. The molecule has 3 aromatic rings. The first-order valence-electron chi connectivity index (χ1n) is 10.0. The highest BCUT2D eigenvalue weighted by Crippen LogP contribution is 2.33. The molecule has 1 aliphatic heterocycles. The van der Waals surface area contributed by atoms with Gasteiger partial charge < -0.3 is 9.88 Å². The fraction of sp³-hybridized carbons (Fsp3) is 0.391. The van der Waals surface area contributed by atoms with Gasteiger partial charge in [0.2, 0.25) is 5.91 Å². The van der Waals surface area contributed by atoms with E-state index in [4.69, 9.17) is 0 Å². The molecular weight excluding hydrogens is 348 g/mol. The van der Waals surface area contributed by atoms with Crippen LogP contribution in [0.2, 0.25) is 0 Å². The molecule has 0 bridgehead atoms. The Balaban J connectivity index is 1.62. The Hall–Kier alpha value is -2.66. The average Bonchev–Trinajstić information content (AvgIpc) is 3.07. The Morgan fingerprint density at radius 3 is 2.82 bits per heavy atom.